The van der Waals surface area contributed by atoms with Crippen LogP contribution in [0.2, 0.25) is 0 Å². The Morgan fingerprint density at radius 2 is 2.30 bits per heavy atom. The number of pyridine rings is 2. The van der Waals surface area contributed by atoms with Crippen molar-refractivity contribution in [3.05, 3.63) is 54.0 Å². The molecule has 1 amide bonds. The van der Waals surface area contributed by atoms with Crippen LogP contribution >= 0.6 is 0 Å². The molecule has 2 N–H and O–H groups in total. The van der Waals surface area contributed by atoms with Gasteiger partial charge < -0.3 is 15.3 Å². The van der Waals surface area contributed by atoms with Gasteiger partial charge in [0.2, 0.25) is 0 Å². The van der Waals surface area contributed by atoms with E-state index in [2.05, 4.69) is 20.2 Å². The van der Waals surface area contributed by atoms with E-state index >= 15 is 0 Å². The van der Waals surface area contributed by atoms with Crippen LogP contribution in [0.25, 0.3) is 0 Å². The third-order valence-corrected chi connectivity index (χ3v) is 4.07. The van der Waals surface area contributed by atoms with E-state index in [1.54, 1.807) is 30.7 Å². The molecule has 120 valence electrons. The largest absolute Gasteiger partial charge is 0.394 e. The van der Waals surface area contributed by atoms with Gasteiger partial charge in [0, 0.05) is 37.2 Å². The van der Waals surface area contributed by atoms with Gasteiger partial charge in [-0.2, -0.15) is 0 Å². The number of hydrogen-bond acceptors (Lipinski definition) is 5. The number of nitrogens with one attached hydrogen (secondary N) is 1. The second kappa shape index (κ2) is 7.19. The molecule has 6 heteroatoms. The van der Waals surface area contributed by atoms with E-state index in [1.807, 2.05) is 12.1 Å². The first-order chi connectivity index (χ1) is 11.3. The zero-order chi connectivity index (χ0) is 16.1. The second-order valence-corrected chi connectivity index (χ2v) is 5.62. The minimum atomic E-state index is -0.141. The van der Waals surface area contributed by atoms with E-state index in [0.29, 0.717) is 12.1 Å². The van der Waals surface area contributed by atoms with E-state index in [1.165, 1.54) is 0 Å². The van der Waals surface area contributed by atoms with Gasteiger partial charge >= 0.3 is 0 Å². The van der Waals surface area contributed by atoms with Gasteiger partial charge in [0.25, 0.3) is 5.91 Å². The van der Waals surface area contributed by atoms with Crippen LogP contribution in [-0.2, 0) is 6.54 Å². The van der Waals surface area contributed by atoms with Crippen molar-refractivity contribution >= 4 is 11.7 Å². The molecule has 1 aliphatic rings. The molecule has 3 heterocycles. The summed E-state index contributed by atoms with van der Waals surface area (Å²) in [7, 11) is 0. The van der Waals surface area contributed by atoms with Crippen molar-refractivity contribution in [3.8, 4) is 0 Å². The molecule has 0 spiro atoms. The molecule has 2 aromatic heterocycles. The van der Waals surface area contributed by atoms with Gasteiger partial charge in [0.1, 0.15) is 5.82 Å². The van der Waals surface area contributed by atoms with Crippen LogP contribution in [0.1, 0.15) is 28.8 Å². The molecule has 0 radical (unpaired) electrons. The second-order valence-electron chi connectivity index (χ2n) is 5.62. The lowest BCUT2D eigenvalue weighted by atomic mass is 10.2. The first-order valence-corrected chi connectivity index (χ1v) is 7.78. The van der Waals surface area contributed by atoms with E-state index < -0.39 is 0 Å². The fourth-order valence-electron chi connectivity index (χ4n) is 2.83. The standard InChI is InChI=1S/C17H20N4O2/c22-12-15-4-2-8-21(15)16-9-14(5-7-19-16)17(23)20-11-13-3-1-6-18-10-13/h1,3,5-7,9-10,15,22H,2,4,8,11-12H2,(H,20,23). The van der Waals surface area contributed by atoms with Crippen molar-refractivity contribution in [2.45, 2.75) is 25.4 Å². The zero-order valence-electron chi connectivity index (χ0n) is 12.9. The SMILES string of the molecule is O=C(NCc1cccnc1)c1ccnc(N2CCCC2CO)c1. The van der Waals surface area contributed by atoms with Crippen molar-refractivity contribution in [3.63, 3.8) is 0 Å². The molecule has 0 aromatic carbocycles. The number of aromatic nitrogens is 2. The van der Waals surface area contributed by atoms with Crippen LogP contribution in [0.15, 0.2) is 42.9 Å². The number of carbonyl (C=O) groups is 1. The molecule has 0 bridgehead atoms. The summed E-state index contributed by atoms with van der Waals surface area (Å²) in [5.41, 5.74) is 1.53. The predicted octanol–water partition coefficient (Wildman–Crippen LogP) is 1.37. The Morgan fingerprint density at radius 1 is 1.39 bits per heavy atom. The van der Waals surface area contributed by atoms with Crippen LogP contribution in [0, 0.1) is 0 Å². The monoisotopic (exact) mass is 312 g/mol. The van der Waals surface area contributed by atoms with Crippen LogP contribution < -0.4 is 10.2 Å². The summed E-state index contributed by atoms with van der Waals surface area (Å²) in [5, 5.41) is 12.3. The predicted molar refractivity (Wildman–Crippen MR) is 87.1 cm³/mol. The highest BCUT2D eigenvalue weighted by atomic mass is 16.3. The topological polar surface area (TPSA) is 78.4 Å². The van der Waals surface area contributed by atoms with Gasteiger partial charge in [-0.3, -0.25) is 9.78 Å². The van der Waals surface area contributed by atoms with Gasteiger partial charge in [-0.05, 0) is 36.6 Å². The lowest BCUT2D eigenvalue weighted by Crippen LogP contribution is -2.33. The molecule has 1 fully saturated rings. The molecule has 1 aliphatic heterocycles. The Labute approximate surface area is 135 Å². The molecule has 3 rings (SSSR count). The Balaban J connectivity index is 1.68. The van der Waals surface area contributed by atoms with Crippen molar-refractivity contribution in [2.75, 3.05) is 18.1 Å². The number of aliphatic hydroxyl groups excluding tert-OH is 1. The van der Waals surface area contributed by atoms with Crippen molar-refractivity contribution in [2.24, 2.45) is 0 Å². The van der Waals surface area contributed by atoms with Crippen LogP contribution in [0.4, 0.5) is 5.82 Å². The summed E-state index contributed by atoms with van der Waals surface area (Å²) in [6.45, 7) is 1.41. The molecular formula is C17H20N4O2. The van der Waals surface area contributed by atoms with Crippen LogP contribution in [0.3, 0.4) is 0 Å². The molecule has 2 aromatic rings. The molecule has 1 unspecified atom stereocenters. The van der Waals surface area contributed by atoms with Gasteiger partial charge in [-0.25, -0.2) is 4.98 Å². The maximum absolute atomic E-state index is 12.3. The van der Waals surface area contributed by atoms with Crippen LogP contribution in [-0.4, -0.2) is 40.2 Å². The molecule has 0 aliphatic carbocycles. The Bertz CT molecular complexity index is 663. The number of rotatable bonds is 5. The molecule has 1 saturated heterocycles. The Kier molecular flexibility index (Phi) is 4.83. The van der Waals surface area contributed by atoms with Crippen molar-refractivity contribution in [1.82, 2.24) is 15.3 Å². The van der Waals surface area contributed by atoms with Gasteiger partial charge in [0.15, 0.2) is 0 Å². The number of carbonyl (C=O) groups excluding carboxylic acids is 1. The first-order valence-electron chi connectivity index (χ1n) is 7.78. The van der Waals surface area contributed by atoms with E-state index in [4.69, 9.17) is 0 Å². The van der Waals surface area contributed by atoms with Crippen molar-refractivity contribution in [1.29, 1.82) is 0 Å². The summed E-state index contributed by atoms with van der Waals surface area (Å²) < 4.78 is 0. The quantitative estimate of drug-likeness (QED) is 0.872. The van der Waals surface area contributed by atoms with E-state index in [-0.39, 0.29) is 18.6 Å². The maximum Gasteiger partial charge on any atom is 0.251 e. The lowest BCUT2D eigenvalue weighted by molar-refractivity contribution is 0.0951. The molecular weight excluding hydrogens is 292 g/mol. The van der Waals surface area contributed by atoms with Crippen molar-refractivity contribution < 1.29 is 9.90 Å². The molecule has 6 nitrogen and oxygen atoms in total. The number of nitrogens with zero attached hydrogens (tertiary/aromatic N) is 3. The molecule has 23 heavy (non-hydrogen) atoms. The van der Waals surface area contributed by atoms with E-state index in [9.17, 15) is 9.90 Å². The maximum atomic E-state index is 12.3. The normalized spacial score (nSPS) is 17.3. The third-order valence-electron chi connectivity index (χ3n) is 4.07. The zero-order valence-corrected chi connectivity index (χ0v) is 12.9. The average molecular weight is 312 g/mol. The third kappa shape index (κ3) is 3.65. The highest BCUT2D eigenvalue weighted by molar-refractivity contribution is 5.94. The molecule has 0 saturated carbocycles. The average Bonchev–Trinajstić information content (AvgIpc) is 3.09. The first kappa shape index (κ1) is 15.4. The minimum Gasteiger partial charge on any atom is -0.394 e. The minimum absolute atomic E-state index is 0.0937. The summed E-state index contributed by atoms with van der Waals surface area (Å²) in [4.78, 5) is 22.7. The summed E-state index contributed by atoms with van der Waals surface area (Å²) in [6, 6.07) is 7.34. The van der Waals surface area contributed by atoms with E-state index in [0.717, 1.165) is 30.8 Å². The van der Waals surface area contributed by atoms with Gasteiger partial charge in [0.05, 0.1) is 12.6 Å². The highest BCUT2D eigenvalue weighted by Gasteiger charge is 2.25. The molecule has 1 atom stereocenters. The number of hydrogen-bond donors (Lipinski definition) is 2. The summed E-state index contributed by atoms with van der Waals surface area (Å²) in [5.74, 6) is 0.604. The fraction of sp³-hybridized carbons (Fsp3) is 0.353. The van der Waals surface area contributed by atoms with Gasteiger partial charge in [-0.1, -0.05) is 6.07 Å². The number of anilines is 1. The number of amides is 1. The summed E-state index contributed by atoms with van der Waals surface area (Å²) in [6.07, 6.45) is 7.06. The smallest absolute Gasteiger partial charge is 0.251 e. The fourth-order valence-corrected chi connectivity index (χ4v) is 2.83. The lowest BCUT2D eigenvalue weighted by Gasteiger charge is -2.24. The van der Waals surface area contributed by atoms with Gasteiger partial charge in [-0.15, -0.1) is 0 Å². The Morgan fingerprint density at radius 3 is 3.09 bits per heavy atom. The van der Waals surface area contributed by atoms with Crippen LogP contribution in [0.5, 0.6) is 0 Å². The highest BCUT2D eigenvalue weighted by Crippen LogP contribution is 2.24. The summed E-state index contributed by atoms with van der Waals surface area (Å²) >= 11 is 0. The number of aliphatic hydroxyl groups is 1. The Hall–Kier alpha value is -2.47.